The number of carbonyl (C=O) groups is 1. The molecule has 0 aliphatic heterocycles. The lowest BCUT2D eigenvalue weighted by molar-refractivity contribution is -0.155. The molecule has 1 aliphatic rings. The van der Waals surface area contributed by atoms with E-state index in [2.05, 4.69) is 0 Å². The minimum atomic E-state index is -1.47. The molecule has 0 heterocycles. The number of rotatable bonds is 2. The zero-order valence-electron chi connectivity index (χ0n) is 8.84. The lowest BCUT2D eigenvalue weighted by Crippen LogP contribution is -2.55. The van der Waals surface area contributed by atoms with Crippen molar-refractivity contribution in [2.45, 2.75) is 30.8 Å². The normalized spacial score (nSPS) is 33.2. The minimum absolute atomic E-state index is 0.0984. The van der Waals surface area contributed by atoms with Crippen molar-refractivity contribution in [3.63, 3.8) is 0 Å². The summed E-state index contributed by atoms with van der Waals surface area (Å²) in [4.78, 5) is 11.2. The number of alkyl halides is 1. The van der Waals surface area contributed by atoms with Crippen LogP contribution in [0.5, 0.6) is 0 Å². The van der Waals surface area contributed by atoms with Crippen molar-refractivity contribution >= 4 is 5.97 Å². The first-order chi connectivity index (χ1) is 7.36. The van der Waals surface area contributed by atoms with E-state index >= 15 is 0 Å². The molecule has 86 valence electrons. The van der Waals surface area contributed by atoms with E-state index in [0.29, 0.717) is 5.56 Å². The lowest BCUT2D eigenvalue weighted by atomic mass is 9.57. The number of benzene rings is 1. The van der Waals surface area contributed by atoms with Crippen molar-refractivity contribution in [2.75, 3.05) is 0 Å². The zero-order chi connectivity index (χ0) is 12.0. The molecular weight excluding hydrogens is 214 g/mol. The van der Waals surface area contributed by atoms with Crippen molar-refractivity contribution in [1.82, 2.24) is 0 Å². The summed E-state index contributed by atoms with van der Waals surface area (Å²) in [6.07, 6.45) is -0.197. The fraction of sp³-hybridized carbons (Fsp3) is 0.417. The molecule has 0 unspecified atom stereocenters. The summed E-state index contributed by atoms with van der Waals surface area (Å²) in [5.41, 5.74) is -2.38. The van der Waals surface area contributed by atoms with Crippen LogP contribution in [0.3, 0.4) is 0 Å². The molecule has 1 aliphatic carbocycles. The molecule has 0 radical (unpaired) electrons. The largest absolute Gasteiger partial charge is 0.481 e. The van der Waals surface area contributed by atoms with Crippen LogP contribution in [-0.4, -0.2) is 16.7 Å². The monoisotopic (exact) mass is 226 g/mol. The standard InChI is InChI=1S/C12H12F2O2/c1-11(14)6-12(7-11,10(15)16)8-3-2-4-9(13)5-8/h2-5H,6-7H2,1H3,(H,15,16). The van der Waals surface area contributed by atoms with Crippen molar-refractivity contribution in [3.8, 4) is 0 Å². The highest BCUT2D eigenvalue weighted by Crippen LogP contribution is 2.52. The van der Waals surface area contributed by atoms with Crippen LogP contribution in [0.4, 0.5) is 8.78 Å². The molecule has 0 spiro atoms. The highest BCUT2D eigenvalue weighted by atomic mass is 19.1. The first-order valence-electron chi connectivity index (χ1n) is 5.04. The van der Waals surface area contributed by atoms with Gasteiger partial charge in [0.2, 0.25) is 0 Å². The van der Waals surface area contributed by atoms with Gasteiger partial charge in [-0.05, 0) is 24.6 Å². The summed E-state index contributed by atoms with van der Waals surface area (Å²) in [5, 5.41) is 9.17. The Kier molecular flexibility index (Phi) is 2.26. The molecule has 2 rings (SSSR count). The van der Waals surface area contributed by atoms with Crippen LogP contribution in [0.2, 0.25) is 0 Å². The maximum Gasteiger partial charge on any atom is 0.314 e. The van der Waals surface area contributed by atoms with Crippen LogP contribution in [-0.2, 0) is 10.2 Å². The zero-order valence-corrected chi connectivity index (χ0v) is 8.84. The van der Waals surface area contributed by atoms with Crippen LogP contribution in [0, 0.1) is 5.82 Å². The molecule has 0 bridgehead atoms. The molecule has 1 aromatic rings. The predicted octanol–water partition coefficient (Wildman–Crippen LogP) is 2.67. The van der Waals surface area contributed by atoms with Gasteiger partial charge < -0.3 is 5.11 Å². The summed E-state index contributed by atoms with van der Waals surface area (Å²) in [6.45, 7) is 1.37. The van der Waals surface area contributed by atoms with E-state index in [1.54, 1.807) is 0 Å². The highest BCUT2D eigenvalue weighted by Gasteiger charge is 2.58. The van der Waals surface area contributed by atoms with Gasteiger partial charge in [0.15, 0.2) is 0 Å². The number of carboxylic acid groups (broad SMARTS) is 1. The summed E-state index contributed by atoms with van der Waals surface area (Å²) in [5.74, 6) is -1.58. The number of carboxylic acids is 1. The second-order valence-corrected chi connectivity index (χ2v) is 4.66. The number of hydrogen-bond acceptors (Lipinski definition) is 1. The molecular formula is C12H12F2O2. The van der Waals surface area contributed by atoms with Gasteiger partial charge in [0.1, 0.15) is 11.5 Å². The third kappa shape index (κ3) is 1.58. The summed E-state index contributed by atoms with van der Waals surface area (Å²) >= 11 is 0. The molecule has 1 saturated carbocycles. The summed E-state index contributed by atoms with van der Waals surface area (Å²) < 4.78 is 26.5. The Balaban J connectivity index is 2.40. The van der Waals surface area contributed by atoms with Gasteiger partial charge in [0.25, 0.3) is 0 Å². The topological polar surface area (TPSA) is 37.3 Å². The number of halogens is 2. The van der Waals surface area contributed by atoms with Crippen molar-refractivity contribution < 1.29 is 18.7 Å². The van der Waals surface area contributed by atoms with Gasteiger partial charge in [-0.3, -0.25) is 4.79 Å². The van der Waals surface area contributed by atoms with E-state index < -0.39 is 22.9 Å². The molecule has 0 saturated heterocycles. The average Bonchev–Trinajstić information content (AvgIpc) is 2.13. The quantitative estimate of drug-likeness (QED) is 0.841. The van der Waals surface area contributed by atoms with Crippen LogP contribution in [0.1, 0.15) is 25.3 Å². The Morgan fingerprint density at radius 2 is 2.06 bits per heavy atom. The Bertz CT molecular complexity index is 432. The Labute approximate surface area is 91.9 Å². The Hall–Kier alpha value is -1.45. The highest BCUT2D eigenvalue weighted by molar-refractivity contribution is 5.83. The predicted molar refractivity (Wildman–Crippen MR) is 54.5 cm³/mol. The van der Waals surface area contributed by atoms with Gasteiger partial charge in [-0.15, -0.1) is 0 Å². The van der Waals surface area contributed by atoms with E-state index in [0.717, 1.165) is 0 Å². The molecule has 1 aromatic carbocycles. The molecule has 0 amide bonds. The van der Waals surface area contributed by atoms with E-state index in [1.807, 2.05) is 0 Å². The number of hydrogen-bond donors (Lipinski definition) is 1. The third-order valence-electron chi connectivity index (χ3n) is 3.13. The van der Waals surface area contributed by atoms with E-state index in [9.17, 15) is 18.7 Å². The molecule has 16 heavy (non-hydrogen) atoms. The first kappa shape index (κ1) is 11.0. The fourth-order valence-corrected chi connectivity index (χ4v) is 2.47. The van der Waals surface area contributed by atoms with Crippen LogP contribution in [0.15, 0.2) is 24.3 Å². The maximum atomic E-state index is 13.5. The number of aliphatic carboxylic acids is 1. The maximum absolute atomic E-state index is 13.5. The van der Waals surface area contributed by atoms with Crippen molar-refractivity contribution in [1.29, 1.82) is 0 Å². The second kappa shape index (κ2) is 3.27. The Morgan fingerprint density at radius 3 is 2.50 bits per heavy atom. The van der Waals surface area contributed by atoms with Crippen LogP contribution < -0.4 is 0 Å². The van der Waals surface area contributed by atoms with E-state index in [-0.39, 0.29) is 12.8 Å². The SMILES string of the molecule is CC1(F)CC(C(=O)O)(c2cccc(F)c2)C1. The third-order valence-corrected chi connectivity index (χ3v) is 3.13. The molecule has 1 N–H and O–H groups in total. The lowest BCUT2D eigenvalue weighted by Gasteiger charge is -2.47. The van der Waals surface area contributed by atoms with E-state index in [1.165, 1.54) is 31.2 Å². The first-order valence-corrected chi connectivity index (χ1v) is 5.04. The van der Waals surface area contributed by atoms with Gasteiger partial charge in [-0.25, -0.2) is 8.78 Å². The van der Waals surface area contributed by atoms with Gasteiger partial charge in [-0.2, -0.15) is 0 Å². The van der Waals surface area contributed by atoms with Gasteiger partial charge >= 0.3 is 5.97 Å². The van der Waals surface area contributed by atoms with Crippen LogP contribution >= 0.6 is 0 Å². The van der Waals surface area contributed by atoms with Gasteiger partial charge in [-0.1, -0.05) is 12.1 Å². The Morgan fingerprint density at radius 1 is 1.44 bits per heavy atom. The molecule has 4 heteroatoms. The second-order valence-electron chi connectivity index (χ2n) is 4.66. The smallest absolute Gasteiger partial charge is 0.314 e. The van der Waals surface area contributed by atoms with Crippen LogP contribution in [0.25, 0.3) is 0 Å². The minimum Gasteiger partial charge on any atom is -0.481 e. The van der Waals surface area contributed by atoms with E-state index in [4.69, 9.17) is 0 Å². The van der Waals surface area contributed by atoms with Crippen molar-refractivity contribution in [2.24, 2.45) is 0 Å². The average molecular weight is 226 g/mol. The molecule has 0 atom stereocenters. The molecule has 2 nitrogen and oxygen atoms in total. The molecule has 0 aromatic heterocycles. The summed E-state index contributed by atoms with van der Waals surface area (Å²) in [7, 11) is 0. The van der Waals surface area contributed by atoms with Gasteiger partial charge in [0, 0.05) is 12.8 Å². The molecule has 1 fully saturated rings. The van der Waals surface area contributed by atoms with Gasteiger partial charge in [0.05, 0.1) is 5.41 Å². The fourth-order valence-electron chi connectivity index (χ4n) is 2.47. The summed E-state index contributed by atoms with van der Waals surface area (Å²) in [6, 6.07) is 5.39. The van der Waals surface area contributed by atoms with Crippen molar-refractivity contribution in [3.05, 3.63) is 35.6 Å².